The Balaban J connectivity index is 2.65. The number of hydrogen-bond acceptors (Lipinski definition) is 1. The van der Waals surface area contributed by atoms with Gasteiger partial charge in [-0.1, -0.05) is 30.3 Å². The number of hydrogen-bond donors (Lipinski definition) is 1. The molecule has 0 bridgehead atoms. The van der Waals surface area contributed by atoms with Crippen LogP contribution in [0.15, 0.2) is 30.3 Å². The third-order valence-electron chi connectivity index (χ3n) is 1.40. The van der Waals surface area contributed by atoms with Crippen molar-refractivity contribution in [2.24, 2.45) is 0 Å². The molecule has 0 heterocycles. The Hall–Kier alpha value is -1.31. The molecule has 0 atom stereocenters. The maximum Gasteiger partial charge on any atom is 0.217 e. The summed E-state index contributed by atoms with van der Waals surface area (Å²) in [7, 11) is 0. The second-order valence-corrected chi connectivity index (χ2v) is 2.27. The number of rotatable bonds is 2. The molecule has 0 fully saturated rings. The van der Waals surface area contributed by atoms with Crippen LogP contribution in [0.4, 0.5) is 0 Å². The first-order chi connectivity index (χ1) is 5.33. The highest BCUT2D eigenvalue weighted by Gasteiger charge is 1.98. The second kappa shape index (κ2) is 3.76. The van der Waals surface area contributed by atoms with Gasteiger partial charge in [-0.3, -0.25) is 5.21 Å². The van der Waals surface area contributed by atoms with Crippen LogP contribution in [0.3, 0.4) is 0 Å². The maximum absolute atomic E-state index is 9.03. The van der Waals surface area contributed by atoms with Gasteiger partial charge in [-0.2, -0.15) is 0 Å². The van der Waals surface area contributed by atoms with E-state index in [0.717, 1.165) is 10.3 Å². The van der Waals surface area contributed by atoms with Crippen LogP contribution in [0.5, 0.6) is 0 Å². The molecular formula is C9H11NO+. The molecule has 1 aromatic rings. The van der Waals surface area contributed by atoms with E-state index in [-0.39, 0.29) is 0 Å². The van der Waals surface area contributed by atoms with Gasteiger partial charge in [-0.25, -0.2) is 0 Å². The molecule has 1 rings (SSSR count). The Morgan fingerprint density at radius 2 is 2.00 bits per heavy atom. The van der Waals surface area contributed by atoms with E-state index in [4.69, 9.17) is 5.21 Å². The van der Waals surface area contributed by atoms with E-state index in [0.29, 0.717) is 6.54 Å². The van der Waals surface area contributed by atoms with E-state index in [1.165, 1.54) is 6.21 Å². The van der Waals surface area contributed by atoms with Crippen molar-refractivity contribution >= 4 is 6.21 Å². The topological polar surface area (TPSA) is 23.2 Å². The van der Waals surface area contributed by atoms with Crippen LogP contribution in [0.2, 0.25) is 0 Å². The van der Waals surface area contributed by atoms with Crippen LogP contribution >= 0.6 is 0 Å². The molecule has 2 nitrogen and oxygen atoms in total. The van der Waals surface area contributed by atoms with E-state index in [1.807, 2.05) is 30.3 Å². The summed E-state index contributed by atoms with van der Waals surface area (Å²) in [6.45, 7) is 3.92. The first kappa shape index (κ1) is 7.79. The SMILES string of the molecule is [CH2]C=[N+](O)Cc1ccccc1. The fourth-order valence-electron chi connectivity index (χ4n) is 0.835. The molecular weight excluding hydrogens is 138 g/mol. The third kappa shape index (κ3) is 2.42. The minimum Gasteiger partial charge on any atom is -0.291 e. The Labute approximate surface area is 66.4 Å². The number of nitrogens with zero attached hydrogens (tertiary/aromatic N) is 1. The standard InChI is InChI=1S/C9H11NO/c1-2-10(11)8-9-6-4-3-5-7-9/h2-7,11H,1,8H2/q+1. The lowest BCUT2D eigenvalue weighted by Crippen LogP contribution is -2.05. The Morgan fingerprint density at radius 3 is 2.55 bits per heavy atom. The minimum absolute atomic E-state index is 0.490. The normalized spacial score (nSPS) is 11.5. The fourth-order valence-corrected chi connectivity index (χ4v) is 0.835. The third-order valence-corrected chi connectivity index (χ3v) is 1.40. The monoisotopic (exact) mass is 149 g/mol. The lowest BCUT2D eigenvalue weighted by molar-refractivity contribution is -0.783. The summed E-state index contributed by atoms with van der Waals surface area (Å²) < 4.78 is 1.05. The first-order valence-corrected chi connectivity index (χ1v) is 3.45. The first-order valence-electron chi connectivity index (χ1n) is 3.45. The molecule has 0 aliphatic carbocycles. The van der Waals surface area contributed by atoms with Crippen LogP contribution < -0.4 is 0 Å². The summed E-state index contributed by atoms with van der Waals surface area (Å²) >= 11 is 0. The van der Waals surface area contributed by atoms with Gasteiger partial charge in [0.2, 0.25) is 6.54 Å². The van der Waals surface area contributed by atoms with Gasteiger partial charge in [-0.15, -0.1) is 0 Å². The van der Waals surface area contributed by atoms with Crippen molar-refractivity contribution < 1.29 is 9.95 Å². The fraction of sp³-hybridized carbons (Fsp3) is 0.111. The number of hydroxylamine groups is 1. The van der Waals surface area contributed by atoms with Gasteiger partial charge in [0.25, 0.3) is 0 Å². The summed E-state index contributed by atoms with van der Waals surface area (Å²) in [4.78, 5) is 0. The highest BCUT2D eigenvalue weighted by molar-refractivity contribution is 5.55. The molecule has 0 aliphatic heterocycles. The van der Waals surface area contributed by atoms with E-state index in [2.05, 4.69) is 6.92 Å². The van der Waals surface area contributed by atoms with Crippen molar-refractivity contribution in [3.63, 3.8) is 0 Å². The van der Waals surface area contributed by atoms with Crippen molar-refractivity contribution in [3.05, 3.63) is 42.8 Å². The Bertz CT molecular complexity index is 241. The molecule has 0 amide bonds. The van der Waals surface area contributed by atoms with Gasteiger partial charge in [0.15, 0.2) is 6.21 Å². The van der Waals surface area contributed by atoms with Gasteiger partial charge in [-0.05, 0) is 4.74 Å². The average Bonchev–Trinajstić information content (AvgIpc) is 2.06. The summed E-state index contributed by atoms with van der Waals surface area (Å²) in [6.07, 6.45) is 1.38. The van der Waals surface area contributed by atoms with Crippen LogP contribution in [-0.2, 0) is 6.54 Å². The predicted molar refractivity (Wildman–Crippen MR) is 43.6 cm³/mol. The Morgan fingerprint density at radius 1 is 1.36 bits per heavy atom. The molecule has 0 saturated heterocycles. The second-order valence-electron chi connectivity index (χ2n) is 2.27. The van der Waals surface area contributed by atoms with Gasteiger partial charge in [0.05, 0.1) is 0 Å². The summed E-state index contributed by atoms with van der Waals surface area (Å²) in [5.41, 5.74) is 1.06. The molecule has 0 spiro atoms. The van der Waals surface area contributed by atoms with Gasteiger partial charge >= 0.3 is 0 Å². The van der Waals surface area contributed by atoms with Crippen LogP contribution in [0, 0.1) is 6.92 Å². The van der Waals surface area contributed by atoms with Crippen LogP contribution in [-0.4, -0.2) is 16.2 Å². The van der Waals surface area contributed by atoms with Crippen molar-refractivity contribution in [3.8, 4) is 0 Å². The van der Waals surface area contributed by atoms with E-state index >= 15 is 0 Å². The van der Waals surface area contributed by atoms with E-state index in [9.17, 15) is 0 Å². The van der Waals surface area contributed by atoms with Crippen molar-refractivity contribution in [1.29, 1.82) is 0 Å². The van der Waals surface area contributed by atoms with Crippen molar-refractivity contribution in [2.45, 2.75) is 6.54 Å². The molecule has 2 heteroatoms. The predicted octanol–water partition coefficient (Wildman–Crippen LogP) is 1.49. The number of benzene rings is 1. The zero-order valence-electron chi connectivity index (χ0n) is 6.27. The molecule has 0 aliphatic rings. The highest BCUT2D eigenvalue weighted by Crippen LogP contribution is 1.98. The highest BCUT2D eigenvalue weighted by atomic mass is 16.5. The summed E-state index contributed by atoms with van der Waals surface area (Å²) in [5.74, 6) is 0. The van der Waals surface area contributed by atoms with E-state index < -0.39 is 0 Å². The van der Waals surface area contributed by atoms with Crippen LogP contribution in [0.1, 0.15) is 5.56 Å². The van der Waals surface area contributed by atoms with Crippen LogP contribution in [0.25, 0.3) is 0 Å². The molecule has 1 radical (unpaired) electrons. The zero-order chi connectivity index (χ0) is 8.10. The molecule has 57 valence electrons. The Kier molecular flexibility index (Phi) is 2.66. The molecule has 11 heavy (non-hydrogen) atoms. The van der Waals surface area contributed by atoms with Crippen molar-refractivity contribution in [1.82, 2.24) is 0 Å². The zero-order valence-corrected chi connectivity index (χ0v) is 6.27. The largest absolute Gasteiger partial charge is 0.291 e. The lowest BCUT2D eigenvalue weighted by Gasteiger charge is -1.92. The summed E-state index contributed by atoms with van der Waals surface area (Å²) in [5, 5.41) is 9.03. The molecule has 0 saturated carbocycles. The van der Waals surface area contributed by atoms with Crippen molar-refractivity contribution in [2.75, 3.05) is 0 Å². The maximum atomic E-state index is 9.03. The quantitative estimate of drug-likeness (QED) is 0.293. The lowest BCUT2D eigenvalue weighted by atomic mass is 10.2. The van der Waals surface area contributed by atoms with E-state index in [1.54, 1.807) is 0 Å². The molecule has 1 N–H and O–H groups in total. The summed E-state index contributed by atoms with van der Waals surface area (Å²) in [6, 6.07) is 9.72. The van der Waals surface area contributed by atoms with Gasteiger partial charge in [0, 0.05) is 12.5 Å². The van der Waals surface area contributed by atoms with Gasteiger partial charge in [0.1, 0.15) is 0 Å². The molecule has 0 aromatic heterocycles. The molecule has 1 aromatic carbocycles. The molecule has 0 unspecified atom stereocenters. The smallest absolute Gasteiger partial charge is 0.217 e. The average molecular weight is 149 g/mol. The van der Waals surface area contributed by atoms with Gasteiger partial charge < -0.3 is 0 Å². The minimum atomic E-state index is 0.490.